The van der Waals surface area contributed by atoms with Gasteiger partial charge in [0.2, 0.25) is 5.78 Å². The Hall–Kier alpha value is -4.50. The van der Waals surface area contributed by atoms with Gasteiger partial charge >= 0.3 is 5.97 Å². The van der Waals surface area contributed by atoms with Crippen LogP contribution in [-0.2, 0) is 6.54 Å². The van der Waals surface area contributed by atoms with E-state index in [9.17, 15) is 19.5 Å². The maximum absolute atomic E-state index is 14.0. The van der Waals surface area contributed by atoms with E-state index >= 15 is 0 Å². The Balaban J connectivity index is 1.12. The lowest BCUT2D eigenvalue weighted by atomic mass is 9.90. The van der Waals surface area contributed by atoms with Crippen molar-refractivity contribution in [2.24, 2.45) is 5.92 Å². The summed E-state index contributed by atoms with van der Waals surface area (Å²) in [6.07, 6.45) is 2.25. The number of halogens is 2. The molecule has 4 aromatic carbocycles. The van der Waals surface area contributed by atoms with Crippen LogP contribution in [0.25, 0.3) is 11.0 Å². The highest BCUT2D eigenvalue weighted by Gasteiger charge is 2.30. The number of benzene rings is 4. The number of rotatable bonds is 12. The van der Waals surface area contributed by atoms with Crippen molar-refractivity contribution in [1.82, 2.24) is 19.4 Å². The number of nitrogens with zero attached hydrogens (tertiary/aromatic N) is 4. The Morgan fingerprint density at radius 1 is 0.878 bits per heavy atom. The fourth-order valence-electron chi connectivity index (χ4n) is 6.64. The van der Waals surface area contributed by atoms with E-state index < -0.39 is 5.97 Å². The van der Waals surface area contributed by atoms with Crippen LogP contribution >= 0.6 is 23.2 Å². The van der Waals surface area contributed by atoms with Gasteiger partial charge in [0.1, 0.15) is 0 Å². The summed E-state index contributed by atoms with van der Waals surface area (Å²) in [6, 6.07) is 29.4. The molecule has 0 spiro atoms. The predicted molar refractivity (Wildman–Crippen MR) is 193 cm³/mol. The highest BCUT2D eigenvalue weighted by Crippen LogP contribution is 2.31. The van der Waals surface area contributed by atoms with Gasteiger partial charge in [0.05, 0.1) is 26.6 Å². The van der Waals surface area contributed by atoms with Crippen molar-refractivity contribution in [3.05, 3.63) is 135 Å². The van der Waals surface area contributed by atoms with Crippen LogP contribution < -0.4 is 0 Å². The molecule has 0 aliphatic carbocycles. The van der Waals surface area contributed by atoms with Crippen molar-refractivity contribution in [3.8, 4) is 0 Å². The van der Waals surface area contributed by atoms with Gasteiger partial charge in [-0.2, -0.15) is 0 Å². The number of piperidine rings is 1. The van der Waals surface area contributed by atoms with Crippen LogP contribution in [0.5, 0.6) is 0 Å². The average molecular weight is 698 g/mol. The fraction of sp³-hybridized carbons (Fsp3) is 0.282. The molecule has 1 aromatic heterocycles. The van der Waals surface area contributed by atoms with E-state index in [0.29, 0.717) is 34.5 Å². The number of likely N-dealkylation sites (N-methyl/N-ethyl adjacent to an activating group) is 1. The van der Waals surface area contributed by atoms with Crippen LogP contribution in [0.2, 0.25) is 10.0 Å². The summed E-state index contributed by atoms with van der Waals surface area (Å²) in [5, 5.41) is 10.3. The second-order valence-corrected chi connectivity index (χ2v) is 13.5. The van der Waals surface area contributed by atoms with E-state index in [-0.39, 0.29) is 29.1 Å². The fourth-order valence-corrected chi connectivity index (χ4v) is 6.95. The van der Waals surface area contributed by atoms with Crippen LogP contribution in [0.3, 0.4) is 0 Å². The lowest BCUT2D eigenvalue weighted by molar-refractivity contribution is 0.0695. The van der Waals surface area contributed by atoms with E-state index in [1.54, 1.807) is 35.2 Å². The Morgan fingerprint density at radius 3 is 2.27 bits per heavy atom. The molecule has 0 saturated carbocycles. The number of aromatic carboxylic acids is 1. The first kappa shape index (κ1) is 34.4. The Bertz CT molecular complexity index is 1950. The first-order valence-electron chi connectivity index (χ1n) is 16.5. The Kier molecular flexibility index (Phi) is 10.8. The highest BCUT2D eigenvalue weighted by molar-refractivity contribution is 6.42. The number of likely N-dealkylation sites (tertiary alicyclic amines) is 1. The molecule has 1 atom stereocenters. The summed E-state index contributed by atoms with van der Waals surface area (Å²) < 4.78 is 1.95. The minimum absolute atomic E-state index is 0.0340. The number of aromatic nitrogens is 2. The number of imidazole rings is 1. The van der Waals surface area contributed by atoms with Gasteiger partial charge in [0.15, 0.2) is 5.82 Å². The number of hydrogen-bond donors (Lipinski definition) is 1. The van der Waals surface area contributed by atoms with Crippen molar-refractivity contribution in [1.29, 1.82) is 0 Å². The monoisotopic (exact) mass is 696 g/mol. The van der Waals surface area contributed by atoms with E-state index in [1.807, 2.05) is 78.3 Å². The summed E-state index contributed by atoms with van der Waals surface area (Å²) in [7, 11) is 1.83. The molecule has 2 heterocycles. The maximum Gasteiger partial charge on any atom is 0.335 e. The first-order valence-corrected chi connectivity index (χ1v) is 17.2. The van der Waals surface area contributed by atoms with Gasteiger partial charge < -0.3 is 19.5 Å². The zero-order valence-corrected chi connectivity index (χ0v) is 28.8. The number of carbonyl (C=O) groups is 3. The molecule has 1 aliphatic rings. The summed E-state index contributed by atoms with van der Waals surface area (Å²) in [4.78, 5) is 47.5. The summed E-state index contributed by atoms with van der Waals surface area (Å²) in [5.74, 6) is -0.649. The first-order chi connectivity index (χ1) is 23.7. The minimum Gasteiger partial charge on any atom is -0.478 e. The van der Waals surface area contributed by atoms with Gasteiger partial charge in [-0.25, -0.2) is 9.78 Å². The zero-order chi connectivity index (χ0) is 34.5. The van der Waals surface area contributed by atoms with Crippen molar-refractivity contribution in [3.63, 3.8) is 0 Å². The lowest BCUT2D eigenvalue weighted by Gasteiger charge is -2.33. The number of carbonyl (C=O) groups excluding carboxylic acids is 2. The molecular formula is C39H38Cl2N4O4. The second-order valence-electron chi connectivity index (χ2n) is 12.7. The number of para-hydroxylation sites is 2. The molecule has 5 aromatic rings. The van der Waals surface area contributed by atoms with Gasteiger partial charge in [0.25, 0.3) is 5.91 Å². The van der Waals surface area contributed by atoms with Crippen LogP contribution in [0, 0.1) is 5.92 Å². The summed E-state index contributed by atoms with van der Waals surface area (Å²) in [5.41, 5.74) is 4.42. The van der Waals surface area contributed by atoms with E-state index in [0.717, 1.165) is 61.1 Å². The molecule has 6 rings (SSSR count). The third-order valence-corrected chi connectivity index (χ3v) is 10.2. The van der Waals surface area contributed by atoms with Gasteiger partial charge in [-0.15, -0.1) is 0 Å². The van der Waals surface area contributed by atoms with Crippen molar-refractivity contribution >= 4 is 51.9 Å². The van der Waals surface area contributed by atoms with Crippen molar-refractivity contribution < 1.29 is 19.5 Å². The summed E-state index contributed by atoms with van der Waals surface area (Å²) in [6.45, 7) is 3.30. The Labute approximate surface area is 295 Å². The van der Waals surface area contributed by atoms with Gasteiger partial charge in [-0.3, -0.25) is 9.59 Å². The smallest absolute Gasteiger partial charge is 0.335 e. The number of amides is 1. The third-order valence-electron chi connectivity index (χ3n) is 9.45. The molecular weight excluding hydrogens is 659 g/mol. The van der Waals surface area contributed by atoms with Gasteiger partial charge in [-0.05, 0) is 98.6 Å². The molecule has 0 bridgehead atoms. The average Bonchev–Trinajstić information content (AvgIpc) is 3.49. The van der Waals surface area contributed by atoms with Gasteiger partial charge in [-0.1, -0.05) is 71.7 Å². The molecule has 1 aliphatic heterocycles. The maximum atomic E-state index is 14.0. The van der Waals surface area contributed by atoms with E-state index in [2.05, 4.69) is 4.90 Å². The van der Waals surface area contributed by atoms with E-state index in [1.165, 1.54) is 0 Å². The number of carboxylic acid groups (broad SMARTS) is 1. The van der Waals surface area contributed by atoms with E-state index in [4.69, 9.17) is 28.2 Å². The van der Waals surface area contributed by atoms with Gasteiger partial charge in [0, 0.05) is 37.5 Å². The molecule has 252 valence electrons. The Morgan fingerprint density at radius 2 is 1.57 bits per heavy atom. The highest BCUT2D eigenvalue weighted by atomic mass is 35.5. The molecule has 49 heavy (non-hydrogen) atoms. The molecule has 8 nitrogen and oxygen atoms in total. The molecule has 0 radical (unpaired) electrons. The number of fused-ring (bicyclic) bond motifs is 1. The molecule has 10 heteroatoms. The normalized spacial score (nSPS) is 14.5. The van der Waals surface area contributed by atoms with Crippen LogP contribution in [0.4, 0.5) is 0 Å². The molecule has 1 amide bonds. The van der Waals surface area contributed by atoms with Crippen LogP contribution in [0.15, 0.2) is 97.1 Å². The number of ketones is 1. The standard InChI is InChI=1S/C39H38Cl2N4O4/c1-43(38(47)28-7-3-2-4-8-28)25-31(30-15-16-32(40)33(41)23-30)19-22-44-20-17-27(18-21-44)36(46)37-42-34-9-5-6-10-35(34)45(37)24-26-11-13-29(14-12-26)39(48)49/h2-16,23,27,31H,17-22,24-25H2,1H3,(H,48,49). The SMILES string of the molecule is CN(CC(CCN1CCC(C(=O)c2nc3ccccc3n2Cc2ccc(C(=O)O)cc2)CC1)c1ccc(Cl)c(Cl)c1)C(=O)c1ccccc1. The largest absolute Gasteiger partial charge is 0.478 e. The lowest BCUT2D eigenvalue weighted by Crippen LogP contribution is -2.38. The third kappa shape index (κ3) is 8.05. The molecule has 1 saturated heterocycles. The topological polar surface area (TPSA) is 95.7 Å². The van der Waals surface area contributed by atoms with Crippen LogP contribution in [-0.4, -0.2) is 75.3 Å². The van der Waals surface area contributed by atoms with Crippen molar-refractivity contribution in [2.45, 2.75) is 31.7 Å². The number of carboxylic acids is 1. The van der Waals surface area contributed by atoms with Crippen molar-refractivity contribution in [2.75, 3.05) is 33.2 Å². The summed E-state index contributed by atoms with van der Waals surface area (Å²) >= 11 is 12.6. The molecule has 1 N–H and O–H groups in total. The molecule has 1 unspecified atom stereocenters. The minimum atomic E-state index is -0.975. The van der Waals surface area contributed by atoms with Crippen LogP contribution in [0.1, 0.15) is 67.6 Å². The number of Topliss-reactive ketones (excluding diaryl/α,β-unsaturated/α-hetero) is 1. The quantitative estimate of drug-likeness (QED) is 0.133. The molecule has 1 fully saturated rings. The second kappa shape index (κ2) is 15.4. The predicted octanol–water partition coefficient (Wildman–Crippen LogP) is 7.93. The number of hydrogen-bond acceptors (Lipinski definition) is 5. The zero-order valence-electron chi connectivity index (χ0n) is 27.3.